The SMILES string of the molecule is CCCC[C@@H](CCO)Nc1nc(C)ncc1OCc1ccc2ccccc2n1. The van der Waals surface area contributed by atoms with Crippen LogP contribution in [0.2, 0.25) is 0 Å². The molecule has 0 aliphatic heterocycles. The van der Waals surface area contributed by atoms with Crippen molar-refractivity contribution >= 4 is 16.7 Å². The van der Waals surface area contributed by atoms with Gasteiger partial charge in [0.05, 0.1) is 17.4 Å². The van der Waals surface area contributed by atoms with Crippen LogP contribution in [-0.2, 0) is 6.61 Å². The fourth-order valence-corrected chi connectivity index (χ4v) is 3.10. The lowest BCUT2D eigenvalue weighted by molar-refractivity contribution is 0.275. The Kier molecular flexibility index (Phi) is 7.14. The number of hydrogen-bond acceptors (Lipinski definition) is 6. The van der Waals surface area contributed by atoms with Gasteiger partial charge in [-0.1, -0.05) is 44.0 Å². The average molecular weight is 380 g/mol. The number of hydrogen-bond donors (Lipinski definition) is 2. The van der Waals surface area contributed by atoms with Gasteiger partial charge in [0.15, 0.2) is 11.6 Å². The zero-order chi connectivity index (χ0) is 19.8. The number of aliphatic hydroxyl groups is 1. The quantitative estimate of drug-likeness (QED) is 0.547. The molecular weight excluding hydrogens is 352 g/mol. The zero-order valence-corrected chi connectivity index (χ0v) is 16.6. The van der Waals surface area contributed by atoms with Crippen LogP contribution in [-0.4, -0.2) is 32.7 Å². The summed E-state index contributed by atoms with van der Waals surface area (Å²) < 4.78 is 6.00. The molecule has 0 saturated heterocycles. The number of ether oxygens (including phenoxy) is 1. The molecule has 0 saturated carbocycles. The van der Waals surface area contributed by atoms with Crippen LogP contribution in [0.25, 0.3) is 10.9 Å². The molecule has 2 N–H and O–H groups in total. The van der Waals surface area contributed by atoms with Gasteiger partial charge in [0.2, 0.25) is 0 Å². The first-order chi connectivity index (χ1) is 13.7. The van der Waals surface area contributed by atoms with Crippen LogP contribution in [0.1, 0.15) is 44.1 Å². The van der Waals surface area contributed by atoms with Gasteiger partial charge in [0.25, 0.3) is 0 Å². The van der Waals surface area contributed by atoms with Crippen molar-refractivity contribution in [1.82, 2.24) is 15.0 Å². The number of nitrogens with one attached hydrogen (secondary N) is 1. The fourth-order valence-electron chi connectivity index (χ4n) is 3.10. The van der Waals surface area contributed by atoms with E-state index in [9.17, 15) is 5.11 Å². The van der Waals surface area contributed by atoms with E-state index < -0.39 is 0 Å². The van der Waals surface area contributed by atoms with Crippen molar-refractivity contribution in [2.75, 3.05) is 11.9 Å². The summed E-state index contributed by atoms with van der Waals surface area (Å²) in [5.74, 6) is 1.94. The smallest absolute Gasteiger partial charge is 0.180 e. The van der Waals surface area contributed by atoms with Gasteiger partial charge in [0, 0.05) is 18.0 Å². The summed E-state index contributed by atoms with van der Waals surface area (Å²) in [6, 6.07) is 12.2. The molecule has 0 fully saturated rings. The predicted molar refractivity (Wildman–Crippen MR) is 111 cm³/mol. The highest BCUT2D eigenvalue weighted by Gasteiger charge is 2.14. The van der Waals surface area contributed by atoms with E-state index in [4.69, 9.17) is 4.74 Å². The molecular formula is C22H28N4O2. The maximum absolute atomic E-state index is 9.36. The van der Waals surface area contributed by atoms with Crippen LogP contribution in [0.3, 0.4) is 0 Å². The van der Waals surface area contributed by atoms with Crippen molar-refractivity contribution in [3.63, 3.8) is 0 Å². The van der Waals surface area contributed by atoms with E-state index in [1.54, 1.807) is 6.20 Å². The highest BCUT2D eigenvalue weighted by atomic mass is 16.5. The van der Waals surface area contributed by atoms with Crippen LogP contribution in [0.15, 0.2) is 42.6 Å². The minimum absolute atomic E-state index is 0.142. The number of aryl methyl sites for hydroxylation is 1. The third kappa shape index (κ3) is 5.39. The van der Waals surface area contributed by atoms with Crippen LogP contribution < -0.4 is 10.1 Å². The third-order valence-corrected chi connectivity index (χ3v) is 4.63. The third-order valence-electron chi connectivity index (χ3n) is 4.63. The first kappa shape index (κ1) is 20.0. The molecule has 28 heavy (non-hydrogen) atoms. The van der Waals surface area contributed by atoms with E-state index in [1.165, 1.54) is 0 Å². The summed E-state index contributed by atoms with van der Waals surface area (Å²) in [5, 5.41) is 13.9. The Labute approximate surface area is 166 Å². The number of aromatic nitrogens is 3. The molecule has 0 spiro atoms. The van der Waals surface area contributed by atoms with E-state index in [1.807, 2.05) is 43.3 Å². The number of unbranched alkanes of at least 4 members (excludes halogenated alkanes) is 1. The molecule has 0 amide bonds. The molecule has 3 rings (SSSR count). The predicted octanol–water partition coefficient (Wildman–Crippen LogP) is 4.27. The Balaban J connectivity index is 1.73. The maximum atomic E-state index is 9.36. The molecule has 0 radical (unpaired) electrons. The molecule has 2 aromatic heterocycles. The van der Waals surface area contributed by atoms with Gasteiger partial charge < -0.3 is 15.2 Å². The normalized spacial score (nSPS) is 12.1. The first-order valence-corrected chi connectivity index (χ1v) is 9.88. The van der Waals surface area contributed by atoms with E-state index in [-0.39, 0.29) is 12.6 Å². The molecule has 0 aliphatic rings. The van der Waals surface area contributed by atoms with Gasteiger partial charge in [-0.2, -0.15) is 0 Å². The summed E-state index contributed by atoms with van der Waals surface area (Å²) in [7, 11) is 0. The molecule has 0 aliphatic carbocycles. The lowest BCUT2D eigenvalue weighted by Gasteiger charge is -2.20. The van der Waals surface area contributed by atoms with Crippen molar-refractivity contribution in [2.24, 2.45) is 0 Å². The van der Waals surface area contributed by atoms with Gasteiger partial charge in [0.1, 0.15) is 12.4 Å². The molecule has 1 atom stereocenters. The average Bonchev–Trinajstić information content (AvgIpc) is 2.71. The van der Waals surface area contributed by atoms with Gasteiger partial charge in [-0.05, 0) is 31.9 Å². The van der Waals surface area contributed by atoms with Crippen molar-refractivity contribution in [1.29, 1.82) is 0 Å². The molecule has 2 heterocycles. The minimum atomic E-state index is 0.142. The fraction of sp³-hybridized carbons (Fsp3) is 0.409. The Hall–Kier alpha value is -2.73. The lowest BCUT2D eigenvalue weighted by Crippen LogP contribution is -2.22. The number of rotatable bonds is 10. The molecule has 3 aromatic rings. The zero-order valence-electron chi connectivity index (χ0n) is 16.6. The van der Waals surface area contributed by atoms with E-state index in [2.05, 4.69) is 27.2 Å². The summed E-state index contributed by atoms with van der Waals surface area (Å²) >= 11 is 0. The van der Waals surface area contributed by atoms with Gasteiger partial charge in [-0.3, -0.25) is 0 Å². The maximum Gasteiger partial charge on any atom is 0.180 e. The van der Waals surface area contributed by atoms with Gasteiger partial charge >= 0.3 is 0 Å². The van der Waals surface area contributed by atoms with Gasteiger partial charge in [-0.15, -0.1) is 0 Å². The Morgan fingerprint density at radius 1 is 1.11 bits per heavy atom. The first-order valence-electron chi connectivity index (χ1n) is 9.88. The van der Waals surface area contributed by atoms with Crippen LogP contribution >= 0.6 is 0 Å². The van der Waals surface area contributed by atoms with Crippen LogP contribution in [0, 0.1) is 6.92 Å². The summed E-state index contributed by atoms with van der Waals surface area (Å²) in [5.41, 5.74) is 1.80. The molecule has 6 nitrogen and oxygen atoms in total. The van der Waals surface area contributed by atoms with Crippen molar-refractivity contribution < 1.29 is 9.84 Å². The topological polar surface area (TPSA) is 80.2 Å². The number of pyridine rings is 1. The Morgan fingerprint density at radius 2 is 1.96 bits per heavy atom. The van der Waals surface area contributed by atoms with E-state index >= 15 is 0 Å². The monoisotopic (exact) mass is 380 g/mol. The Bertz CT molecular complexity index is 901. The second-order valence-corrected chi connectivity index (χ2v) is 6.91. The lowest BCUT2D eigenvalue weighted by atomic mass is 10.1. The number of nitrogens with zero attached hydrogens (tertiary/aromatic N) is 3. The summed E-state index contributed by atoms with van der Waals surface area (Å²) in [4.78, 5) is 13.4. The molecule has 0 bridgehead atoms. The van der Waals surface area contributed by atoms with Gasteiger partial charge in [-0.25, -0.2) is 15.0 Å². The van der Waals surface area contributed by atoms with Crippen molar-refractivity contribution in [3.8, 4) is 5.75 Å². The molecule has 148 valence electrons. The van der Waals surface area contributed by atoms with Crippen molar-refractivity contribution in [2.45, 2.75) is 52.2 Å². The van der Waals surface area contributed by atoms with E-state index in [0.717, 1.165) is 35.9 Å². The number of anilines is 1. The molecule has 1 aromatic carbocycles. The number of para-hydroxylation sites is 1. The molecule has 0 unspecified atom stereocenters. The summed E-state index contributed by atoms with van der Waals surface area (Å²) in [6.07, 6.45) is 5.56. The number of fused-ring (bicyclic) bond motifs is 1. The van der Waals surface area contributed by atoms with Crippen LogP contribution in [0.4, 0.5) is 5.82 Å². The minimum Gasteiger partial charge on any atom is -0.482 e. The second kappa shape index (κ2) is 9.99. The number of benzene rings is 1. The van der Waals surface area contributed by atoms with Crippen LogP contribution in [0.5, 0.6) is 5.75 Å². The standard InChI is InChI=1S/C22H28N4O2/c1-3-4-8-18(12-13-27)26-22-21(14-23-16(2)24-22)28-15-19-11-10-17-7-5-6-9-20(17)25-19/h5-7,9-11,14,18,27H,3-4,8,12-13,15H2,1-2H3,(H,23,24,26)/t18-/m0/s1. The highest BCUT2D eigenvalue weighted by molar-refractivity contribution is 5.78. The molecule has 6 heteroatoms. The second-order valence-electron chi connectivity index (χ2n) is 6.91. The largest absolute Gasteiger partial charge is 0.482 e. The summed E-state index contributed by atoms with van der Waals surface area (Å²) in [6.45, 7) is 4.50. The highest BCUT2D eigenvalue weighted by Crippen LogP contribution is 2.24. The Morgan fingerprint density at radius 3 is 2.79 bits per heavy atom. The van der Waals surface area contributed by atoms with Crippen molar-refractivity contribution in [3.05, 3.63) is 54.1 Å². The number of aliphatic hydroxyl groups excluding tert-OH is 1. The van der Waals surface area contributed by atoms with E-state index in [0.29, 0.717) is 30.4 Å².